The number of rotatable bonds is 6. The molecule has 2 rings (SSSR count). The number of pyridine rings is 1. The van der Waals surface area contributed by atoms with Crippen molar-refractivity contribution in [3.8, 4) is 17.6 Å². The highest BCUT2D eigenvalue weighted by atomic mass is 16.5. The molecule has 0 unspecified atom stereocenters. The first-order chi connectivity index (χ1) is 11.1. The van der Waals surface area contributed by atoms with Crippen LogP contribution in [0.25, 0.3) is 0 Å². The van der Waals surface area contributed by atoms with Crippen LogP contribution in [0.5, 0.6) is 11.5 Å². The predicted molar refractivity (Wildman–Crippen MR) is 87.1 cm³/mol. The van der Waals surface area contributed by atoms with E-state index >= 15 is 0 Å². The average Bonchev–Trinajstić information content (AvgIpc) is 2.55. The maximum absolute atomic E-state index is 12.2. The Morgan fingerprint density at radius 1 is 1.26 bits per heavy atom. The summed E-state index contributed by atoms with van der Waals surface area (Å²) in [4.78, 5) is 16.1. The minimum Gasteiger partial charge on any atom is -0.456 e. The second-order valence-electron chi connectivity index (χ2n) is 5.60. The Morgan fingerprint density at radius 3 is 2.57 bits per heavy atom. The quantitative estimate of drug-likeness (QED) is 0.885. The number of hydrogen-bond donors (Lipinski definition) is 1. The van der Waals surface area contributed by atoms with Crippen LogP contribution < -0.4 is 10.1 Å². The summed E-state index contributed by atoms with van der Waals surface area (Å²) in [5.74, 6) is 1.33. The summed E-state index contributed by atoms with van der Waals surface area (Å²) in [5, 5.41) is 11.8. The van der Waals surface area contributed by atoms with Crippen LogP contribution in [-0.4, -0.2) is 16.9 Å². The lowest BCUT2D eigenvalue weighted by molar-refractivity contribution is 0.0942. The van der Waals surface area contributed by atoms with Gasteiger partial charge in [-0.25, -0.2) is 0 Å². The Hall–Kier alpha value is -2.87. The first-order valence-corrected chi connectivity index (χ1v) is 7.47. The number of aromatic nitrogens is 1. The average molecular weight is 309 g/mol. The maximum Gasteiger partial charge on any atom is 0.252 e. The highest BCUT2D eigenvalue weighted by Gasteiger charge is 2.14. The second-order valence-corrected chi connectivity index (χ2v) is 5.60. The van der Waals surface area contributed by atoms with Gasteiger partial charge in [0, 0.05) is 11.8 Å². The largest absolute Gasteiger partial charge is 0.456 e. The smallest absolute Gasteiger partial charge is 0.252 e. The molecular weight excluding hydrogens is 290 g/mol. The zero-order valence-electron chi connectivity index (χ0n) is 13.2. The van der Waals surface area contributed by atoms with E-state index in [1.54, 1.807) is 48.8 Å². The van der Waals surface area contributed by atoms with Crippen LogP contribution in [0.4, 0.5) is 0 Å². The third-order valence-electron chi connectivity index (χ3n) is 3.15. The molecule has 0 aliphatic heterocycles. The normalized spacial score (nSPS) is 11.6. The molecule has 0 aliphatic rings. The summed E-state index contributed by atoms with van der Waals surface area (Å²) in [6.07, 6.45) is 3.91. The van der Waals surface area contributed by atoms with Crippen molar-refractivity contribution in [3.05, 3.63) is 54.4 Å². The summed E-state index contributed by atoms with van der Waals surface area (Å²) >= 11 is 0. The van der Waals surface area contributed by atoms with Crippen LogP contribution in [0.3, 0.4) is 0 Å². The first-order valence-electron chi connectivity index (χ1n) is 7.47. The van der Waals surface area contributed by atoms with Gasteiger partial charge in [-0.15, -0.1) is 0 Å². The van der Waals surface area contributed by atoms with E-state index in [1.165, 1.54) is 0 Å². The highest BCUT2D eigenvalue weighted by Crippen LogP contribution is 2.20. The minimum atomic E-state index is -0.478. The number of carbonyl (C=O) groups excluding carboxylic acids is 1. The summed E-state index contributed by atoms with van der Waals surface area (Å²) < 4.78 is 5.62. The predicted octanol–water partition coefficient (Wildman–Crippen LogP) is 3.54. The number of hydrogen-bond acceptors (Lipinski definition) is 4. The van der Waals surface area contributed by atoms with Crippen LogP contribution in [0.1, 0.15) is 30.6 Å². The molecule has 23 heavy (non-hydrogen) atoms. The summed E-state index contributed by atoms with van der Waals surface area (Å²) in [6.45, 7) is 4.03. The number of nitriles is 1. The third-order valence-corrected chi connectivity index (χ3v) is 3.15. The molecule has 1 aromatic heterocycles. The van der Waals surface area contributed by atoms with Crippen molar-refractivity contribution in [1.82, 2.24) is 10.3 Å². The van der Waals surface area contributed by atoms with Crippen molar-refractivity contribution in [3.63, 3.8) is 0 Å². The lowest BCUT2D eigenvalue weighted by Crippen LogP contribution is -2.34. The van der Waals surface area contributed by atoms with Gasteiger partial charge in [0.1, 0.15) is 17.5 Å². The fraction of sp³-hybridized carbons (Fsp3) is 0.278. The van der Waals surface area contributed by atoms with Gasteiger partial charge < -0.3 is 10.1 Å². The van der Waals surface area contributed by atoms with Gasteiger partial charge in [0.15, 0.2) is 0 Å². The molecule has 0 spiro atoms. The van der Waals surface area contributed by atoms with Crippen LogP contribution in [0, 0.1) is 17.2 Å². The van der Waals surface area contributed by atoms with Gasteiger partial charge in [0.05, 0.1) is 12.3 Å². The van der Waals surface area contributed by atoms with Crippen LogP contribution >= 0.6 is 0 Å². The molecule has 0 saturated heterocycles. The molecule has 0 aliphatic carbocycles. The molecule has 0 saturated carbocycles. The standard InChI is InChI=1S/C18H19N3O2/c1-13(2)10-15(11-19)21-18(22)14-5-7-16(8-6-14)23-17-4-3-9-20-12-17/h3-9,12-13,15H,10H2,1-2H3,(H,21,22)/t15-/m0/s1. The van der Waals surface area contributed by atoms with Gasteiger partial charge in [-0.2, -0.15) is 5.26 Å². The number of amides is 1. The van der Waals surface area contributed by atoms with Crippen LogP contribution in [0.15, 0.2) is 48.8 Å². The van der Waals surface area contributed by atoms with E-state index in [0.29, 0.717) is 29.4 Å². The molecule has 5 nitrogen and oxygen atoms in total. The Bertz CT molecular complexity index is 676. The van der Waals surface area contributed by atoms with E-state index in [4.69, 9.17) is 10.00 Å². The summed E-state index contributed by atoms with van der Waals surface area (Å²) in [5.41, 5.74) is 0.493. The van der Waals surface area contributed by atoms with Crippen LogP contribution in [-0.2, 0) is 0 Å². The molecule has 5 heteroatoms. The molecule has 0 radical (unpaired) electrons. The topological polar surface area (TPSA) is 75.0 Å². The molecule has 1 aromatic carbocycles. The molecule has 1 heterocycles. The highest BCUT2D eigenvalue weighted by molar-refractivity contribution is 5.94. The minimum absolute atomic E-state index is 0.259. The van der Waals surface area contributed by atoms with E-state index in [1.807, 2.05) is 13.8 Å². The van der Waals surface area contributed by atoms with Crippen molar-refractivity contribution in [1.29, 1.82) is 5.26 Å². The van der Waals surface area contributed by atoms with E-state index in [2.05, 4.69) is 16.4 Å². The van der Waals surface area contributed by atoms with Gasteiger partial charge in [-0.1, -0.05) is 13.8 Å². The molecule has 0 bridgehead atoms. The molecule has 1 amide bonds. The van der Waals surface area contributed by atoms with E-state index in [0.717, 1.165) is 0 Å². The van der Waals surface area contributed by atoms with Gasteiger partial charge in [0.25, 0.3) is 5.91 Å². The monoisotopic (exact) mass is 309 g/mol. The second kappa shape index (κ2) is 7.95. The molecule has 2 aromatic rings. The Labute approximate surface area is 135 Å². The fourth-order valence-corrected chi connectivity index (χ4v) is 2.07. The molecule has 118 valence electrons. The zero-order chi connectivity index (χ0) is 16.7. The molecular formula is C18H19N3O2. The van der Waals surface area contributed by atoms with Gasteiger partial charge in [0.2, 0.25) is 0 Å². The van der Waals surface area contributed by atoms with Crippen molar-refractivity contribution in [2.75, 3.05) is 0 Å². The molecule has 0 fully saturated rings. The van der Waals surface area contributed by atoms with E-state index in [9.17, 15) is 4.79 Å². The fourth-order valence-electron chi connectivity index (χ4n) is 2.07. The van der Waals surface area contributed by atoms with Gasteiger partial charge in [-0.05, 0) is 48.7 Å². The number of carbonyl (C=O) groups is 1. The third kappa shape index (κ3) is 5.11. The van der Waals surface area contributed by atoms with Crippen molar-refractivity contribution >= 4 is 5.91 Å². The Kier molecular flexibility index (Phi) is 5.70. The lowest BCUT2D eigenvalue weighted by Gasteiger charge is -2.13. The van der Waals surface area contributed by atoms with Crippen molar-refractivity contribution < 1.29 is 9.53 Å². The number of nitrogens with zero attached hydrogens (tertiary/aromatic N) is 2. The Balaban J connectivity index is 1.98. The number of ether oxygens (including phenoxy) is 1. The van der Waals surface area contributed by atoms with Gasteiger partial charge in [-0.3, -0.25) is 9.78 Å². The van der Waals surface area contributed by atoms with Crippen LogP contribution in [0.2, 0.25) is 0 Å². The first kappa shape index (κ1) is 16.5. The molecule has 1 atom stereocenters. The Morgan fingerprint density at radius 2 is 2.00 bits per heavy atom. The van der Waals surface area contributed by atoms with E-state index in [-0.39, 0.29) is 5.91 Å². The lowest BCUT2D eigenvalue weighted by atomic mass is 10.0. The summed E-state index contributed by atoms with van der Waals surface area (Å²) in [6, 6.07) is 12.0. The van der Waals surface area contributed by atoms with Gasteiger partial charge >= 0.3 is 0 Å². The summed E-state index contributed by atoms with van der Waals surface area (Å²) in [7, 11) is 0. The molecule has 1 N–H and O–H groups in total. The number of benzene rings is 1. The van der Waals surface area contributed by atoms with Crippen molar-refractivity contribution in [2.45, 2.75) is 26.3 Å². The zero-order valence-corrected chi connectivity index (χ0v) is 13.2. The SMILES string of the molecule is CC(C)C[C@@H](C#N)NC(=O)c1ccc(Oc2cccnc2)cc1. The maximum atomic E-state index is 12.2. The number of nitrogens with one attached hydrogen (secondary N) is 1. The van der Waals surface area contributed by atoms with E-state index < -0.39 is 6.04 Å². The van der Waals surface area contributed by atoms with Crippen molar-refractivity contribution in [2.24, 2.45) is 5.92 Å².